The van der Waals surface area contributed by atoms with Gasteiger partial charge in [0.25, 0.3) is 10.0 Å². The molecule has 0 saturated carbocycles. The van der Waals surface area contributed by atoms with Gasteiger partial charge in [0.2, 0.25) is 10.0 Å². The standard InChI is InChI=1S/C21H26N4O4S2/c1-16-8-10-18(11-9-16)30(26,27)22-13-17-5-4-12-25(14-17)15-21-23-19-6-2-3-7-20(19)31(28,29)24-21/h2-3,6-11,17,22H,4-5,12-15H2,1H3,(H,23,24). The number of hydrogen-bond acceptors (Lipinski definition) is 6. The van der Waals surface area contributed by atoms with Crippen molar-refractivity contribution in [2.45, 2.75) is 29.6 Å². The molecule has 0 amide bonds. The number of piperidine rings is 1. The van der Waals surface area contributed by atoms with E-state index in [9.17, 15) is 16.8 Å². The van der Waals surface area contributed by atoms with Crippen molar-refractivity contribution in [2.75, 3.05) is 31.5 Å². The topological polar surface area (TPSA) is 108 Å². The SMILES string of the molecule is Cc1ccc(S(=O)(=O)NCC2CCCN(CC3=NS(=O)(=O)c4ccccc4N3)C2)cc1. The molecule has 0 aromatic heterocycles. The highest BCUT2D eigenvalue weighted by atomic mass is 32.2. The van der Waals surface area contributed by atoms with Crippen molar-refractivity contribution in [3.63, 3.8) is 0 Å². The van der Waals surface area contributed by atoms with Crippen molar-refractivity contribution >= 4 is 31.6 Å². The van der Waals surface area contributed by atoms with Crippen LogP contribution in [0.25, 0.3) is 0 Å². The first-order chi connectivity index (χ1) is 14.7. The Morgan fingerprint density at radius 3 is 2.68 bits per heavy atom. The molecule has 1 unspecified atom stereocenters. The maximum absolute atomic E-state index is 12.6. The van der Waals surface area contributed by atoms with Crippen LogP contribution in [0.3, 0.4) is 0 Å². The lowest BCUT2D eigenvalue weighted by atomic mass is 9.98. The maximum Gasteiger partial charge on any atom is 0.286 e. The quantitative estimate of drug-likeness (QED) is 0.681. The molecule has 2 N–H and O–H groups in total. The molecule has 0 aliphatic carbocycles. The van der Waals surface area contributed by atoms with Gasteiger partial charge in [-0.05, 0) is 56.5 Å². The third-order valence-corrected chi connectivity index (χ3v) is 8.36. The fourth-order valence-corrected chi connectivity index (χ4v) is 6.19. The fourth-order valence-electron chi connectivity index (χ4n) is 3.94. The smallest absolute Gasteiger partial charge is 0.286 e. The first-order valence-electron chi connectivity index (χ1n) is 10.2. The van der Waals surface area contributed by atoms with Gasteiger partial charge in [-0.15, -0.1) is 4.40 Å². The molecule has 4 rings (SSSR count). The molecule has 0 radical (unpaired) electrons. The number of aryl methyl sites for hydroxylation is 1. The minimum Gasteiger partial charge on any atom is -0.341 e. The van der Waals surface area contributed by atoms with Crippen LogP contribution in [0.15, 0.2) is 62.7 Å². The van der Waals surface area contributed by atoms with Crippen LogP contribution in [0, 0.1) is 12.8 Å². The number of hydrogen-bond donors (Lipinski definition) is 2. The Balaban J connectivity index is 1.37. The summed E-state index contributed by atoms with van der Waals surface area (Å²) in [5.74, 6) is 0.529. The van der Waals surface area contributed by atoms with Crippen LogP contribution in [0.2, 0.25) is 0 Å². The Labute approximate surface area is 183 Å². The number of amidine groups is 1. The van der Waals surface area contributed by atoms with Gasteiger partial charge in [0, 0.05) is 13.1 Å². The maximum atomic E-state index is 12.6. The molecule has 1 saturated heterocycles. The molecule has 10 heteroatoms. The van der Waals surface area contributed by atoms with E-state index in [2.05, 4.69) is 19.3 Å². The summed E-state index contributed by atoms with van der Waals surface area (Å²) < 4.78 is 56.6. The minimum absolute atomic E-state index is 0.141. The molecule has 0 bridgehead atoms. The van der Waals surface area contributed by atoms with Crippen LogP contribution in [-0.2, 0) is 20.0 Å². The van der Waals surface area contributed by atoms with Crippen LogP contribution in [-0.4, -0.2) is 53.8 Å². The van der Waals surface area contributed by atoms with E-state index >= 15 is 0 Å². The number of likely N-dealkylation sites (tertiary alicyclic amines) is 1. The number of anilines is 1. The number of sulfonamides is 2. The van der Waals surface area contributed by atoms with Crippen LogP contribution >= 0.6 is 0 Å². The van der Waals surface area contributed by atoms with Crippen molar-refractivity contribution < 1.29 is 16.8 Å². The largest absolute Gasteiger partial charge is 0.341 e. The predicted octanol–water partition coefficient (Wildman–Crippen LogP) is 2.20. The second kappa shape index (κ2) is 8.70. The van der Waals surface area contributed by atoms with Crippen LogP contribution < -0.4 is 10.0 Å². The van der Waals surface area contributed by atoms with Crippen LogP contribution in [0.4, 0.5) is 5.69 Å². The zero-order valence-corrected chi connectivity index (χ0v) is 18.9. The Morgan fingerprint density at radius 1 is 1.16 bits per heavy atom. The summed E-state index contributed by atoms with van der Waals surface area (Å²) in [6, 6.07) is 13.5. The highest BCUT2D eigenvalue weighted by Crippen LogP contribution is 2.27. The average Bonchev–Trinajstić information content (AvgIpc) is 2.73. The number of nitrogens with zero attached hydrogens (tertiary/aromatic N) is 2. The fraction of sp³-hybridized carbons (Fsp3) is 0.381. The Morgan fingerprint density at radius 2 is 1.90 bits per heavy atom. The van der Waals surface area contributed by atoms with Gasteiger partial charge in [-0.2, -0.15) is 8.42 Å². The number of nitrogens with one attached hydrogen (secondary N) is 2. The van der Waals surface area contributed by atoms with E-state index in [-0.39, 0.29) is 15.7 Å². The summed E-state index contributed by atoms with van der Waals surface area (Å²) in [4.78, 5) is 2.56. The molecular formula is C21H26N4O4S2. The summed E-state index contributed by atoms with van der Waals surface area (Å²) in [6.45, 7) is 4.10. The Hall–Kier alpha value is -2.27. The lowest BCUT2D eigenvalue weighted by molar-refractivity contribution is 0.197. The molecule has 166 valence electrons. The first kappa shape index (κ1) is 21.9. The molecular weight excluding hydrogens is 436 g/mol. The van der Waals surface area contributed by atoms with Gasteiger partial charge in [-0.3, -0.25) is 4.90 Å². The van der Waals surface area contributed by atoms with Crippen molar-refractivity contribution in [3.8, 4) is 0 Å². The zero-order chi connectivity index (χ0) is 22.1. The summed E-state index contributed by atoms with van der Waals surface area (Å²) in [7, 11) is -7.27. The number of benzene rings is 2. The summed E-state index contributed by atoms with van der Waals surface area (Å²) in [6.07, 6.45) is 1.82. The van der Waals surface area contributed by atoms with Gasteiger partial charge in [0.15, 0.2) is 0 Å². The summed E-state index contributed by atoms with van der Waals surface area (Å²) in [5.41, 5.74) is 1.54. The van der Waals surface area contributed by atoms with Gasteiger partial charge in [-0.1, -0.05) is 29.8 Å². The number of rotatable bonds is 6. The zero-order valence-electron chi connectivity index (χ0n) is 17.3. The van der Waals surface area contributed by atoms with Crippen molar-refractivity contribution in [1.29, 1.82) is 0 Å². The molecule has 2 aliphatic rings. The first-order valence-corrected chi connectivity index (χ1v) is 13.1. The van der Waals surface area contributed by atoms with E-state index in [0.29, 0.717) is 31.2 Å². The van der Waals surface area contributed by atoms with Gasteiger partial charge < -0.3 is 5.32 Å². The minimum atomic E-state index is -3.71. The lowest BCUT2D eigenvalue weighted by Crippen LogP contribution is -2.44. The molecule has 0 spiro atoms. The highest BCUT2D eigenvalue weighted by Gasteiger charge is 2.27. The van der Waals surface area contributed by atoms with Gasteiger partial charge in [0.05, 0.1) is 17.1 Å². The molecule has 31 heavy (non-hydrogen) atoms. The van der Waals surface area contributed by atoms with Gasteiger partial charge in [-0.25, -0.2) is 13.1 Å². The van der Waals surface area contributed by atoms with E-state index in [1.807, 2.05) is 6.92 Å². The summed E-state index contributed by atoms with van der Waals surface area (Å²) >= 11 is 0. The van der Waals surface area contributed by atoms with E-state index in [4.69, 9.17) is 0 Å². The molecule has 1 atom stereocenters. The molecule has 1 fully saturated rings. The predicted molar refractivity (Wildman–Crippen MR) is 120 cm³/mol. The molecule has 2 heterocycles. The molecule has 2 aromatic rings. The van der Waals surface area contributed by atoms with Gasteiger partial charge >= 0.3 is 0 Å². The van der Waals surface area contributed by atoms with E-state index in [0.717, 1.165) is 24.9 Å². The third kappa shape index (κ3) is 5.15. The Bertz CT molecular complexity index is 1190. The molecule has 2 aliphatic heterocycles. The van der Waals surface area contributed by atoms with Crippen LogP contribution in [0.5, 0.6) is 0 Å². The Kier molecular flexibility index (Phi) is 6.16. The highest BCUT2D eigenvalue weighted by molar-refractivity contribution is 7.90. The summed E-state index contributed by atoms with van der Waals surface area (Å²) in [5, 5.41) is 3.11. The van der Waals surface area contributed by atoms with Crippen molar-refractivity contribution in [1.82, 2.24) is 9.62 Å². The molecule has 8 nitrogen and oxygen atoms in total. The van der Waals surface area contributed by atoms with Crippen molar-refractivity contribution in [3.05, 3.63) is 54.1 Å². The second-order valence-corrected chi connectivity index (χ2v) is 11.4. The van der Waals surface area contributed by atoms with E-state index in [1.165, 1.54) is 6.07 Å². The average molecular weight is 463 g/mol. The van der Waals surface area contributed by atoms with Gasteiger partial charge in [0.1, 0.15) is 10.7 Å². The van der Waals surface area contributed by atoms with Crippen molar-refractivity contribution in [2.24, 2.45) is 10.3 Å². The van der Waals surface area contributed by atoms with E-state index < -0.39 is 20.0 Å². The molecule has 2 aromatic carbocycles. The number of fused-ring (bicyclic) bond motifs is 1. The van der Waals surface area contributed by atoms with E-state index in [1.54, 1.807) is 42.5 Å². The number of para-hydroxylation sites is 1. The monoisotopic (exact) mass is 462 g/mol. The second-order valence-electron chi connectivity index (χ2n) is 8.04. The lowest BCUT2D eigenvalue weighted by Gasteiger charge is -2.33. The van der Waals surface area contributed by atoms with Crippen LogP contribution in [0.1, 0.15) is 18.4 Å². The third-order valence-electron chi connectivity index (χ3n) is 5.54. The normalized spacial score (nSPS) is 21.1.